The smallest absolute Gasteiger partial charge is 0.255 e. The van der Waals surface area contributed by atoms with Crippen LogP contribution in [0.3, 0.4) is 0 Å². The van der Waals surface area contributed by atoms with E-state index in [1.54, 1.807) is 11.0 Å². The number of hydrogen-bond donors (Lipinski definition) is 2. The zero-order chi connectivity index (χ0) is 14.8. The summed E-state index contributed by atoms with van der Waals surface area (Å²) in [6.45, 7) is -0.00961. The Morgan fingerprint density at radius 2 is 2.00 bits per heavy atom. The highest BCUT2D eigenvalue weighted by molar-refractivity contribution is 6.07. The van der Waals surface area contributed by atoms with Gasteiger partial charge in [-0.1, -0.05) is 18.9 Å². The zero-order valence-electron chi connectivity index (χ0n) is 11.8. The highest BCUT2D eigenvalue weighted by atomic mass is 16.2. The average Bonchev–Trinajstić information content (AvgIpc) is 3.13. The number of rotatable bonds is 4. The number of nitrogens with one attached hydrogen (secondary N) is 1. The first-order valence-electron chi connectivity index (χ1n) is 7.32. The van der Waals surface area contributed by atoms with Gasteiger partial charge in [-0.2, -0.15) is 0 Å². The molecule has 1 aromatic carbocycles. The number of aromatic nitrogens is 1. The Labute approximate surface area is 123 Å². The lowest BCUT2D eigenvalue weighted by Gasteiger charge is -2.28. The molecule has 0 unspecified atom stereocenters. The normalized spacial score (nSPS) is 15.4. The Kier molecular flexibility index (Phi) is 3.64. The lowest BCUT2D eigenvalue weighted by Crippen LogP contribution is -2.44. The number of H-pyrrole nitrogens is 1. The molecule has 1 aromatic heterocycles. The zero-order valence-corrected chi connectivity index (χ0v) is 11.8. The monoisotopic (exact) mass is 285 g/mol. The molecule has 3 N–H and O–H groups in total. The maximum Gasteiger partial charge on any atom is 0.255 e. The van der Waals surface area contributed by atoms with Gasteiger partial charge in [0.15, 0.2) is 0 Å². The van der Waals surface area contributed by atoms with E-state index in [2.05, 4.69) is 4.98 Å². The molecule has 2 amide bonds. The Hall–Kier alpha value is -2.30. The molecule has 5 nitrogen and oxygen atoms in total. The van der Waals surface area contributed by atoms with Crippen molar-refractivity contribution in [2.24, 2.45) is 5.73 Å². The predicted octanol–water partition coefficient (Wildman–Crippen LogP) is 2.04. The van der Waals surface area contributed by atoms with Crippen molar-refractivity contribution < 1.29 is 9.59 Å². The van der Waals surface area contributed by atoms with Gasteiger partial charge in [-0.15, -0.1) is 0 Å². The van der Waals surface area contributed by atoms with Gasteiger partial charge in [-0.25, -0.2) is 0 Å². The molecule has 2 aromatic rings. The van der Waals surface area contributed by atoms with Crippen molar-refractivity contribution >= 4 is 22.7 Å². The van der Waals surface area contributed by atoms with Crippen LogP contribution in [-0.2, 0) is 4.79 Å². The van der Waals surface area contributed by atoms with Crippen molar-refractivity contribution in [2.75, 3.05) is 6.54 Å². The number of hydrogen-bond acceptors (Lipinski definition) is 2. The van der Waals surface area contributed by atoms with Gasteiger partial charge in [-0.3, -0.25) is 9.59 Å². The van der Waals surface area contributed by atoms with Crippen molar-refractivity contribution in [1.82, 2.24) is 9.88 Å². The van der Waals surface area contributed by atoms with Gasteiger partial charge in [0, 0.05) is 28.7 Å². The van der Waals surface area contributed by atoms with E-state index in [1.165, 1.54) is 0 Å². The summed E-state index contributed by atoms with van der Waals surface area (Å²) in [5, 5.41) is 0.884. The van der Waals surface area contributed by atoms with Gasteiger partial charge in [0.1, 0.15) is 0 Å². The van der Waals surface area contributed by atoms with Gasteiger partial charge < -0.3 is 15.6 Å². The average molecular weight is 285 g/mol. The summed E-state index contributed by atoms with van der Waals surface area (Å²) >= 11 is 0. The van der Waals surface area contributed by atoms with E-state index < -0.39 is 5.91 Å². The molecule has 3 rings (SSSR count). The number of carbonyl (C=O) groups excluding carboxylic acids is 2. The Bertz CT molecular complexity index is 671. The number of nitrogens with zero attached hydrogens (tertiary/aromatic N) is 1. The first-order valence-corrected chi connectivity index (χ1v) is 7.32. The number of amides is 2. The fourth-order valence-electron chi connectivity index (χ4n) is 3.18. The van der Waals surface area contributed by atoms with E-state index in [0.717, 1.165) is 36.6 Å². The molecule has 21 heavy (non-hydrogen) atoms. The first-order chi connectivity index (χ1) is 10.2. The molecule has 0 bridgehead atoms. The molecule has 110 valence electrons. The molecule has 0 saturated heterocycles. The van der Waals surface area contributed by atoms with Crippen LogP contribution in [0.1, 0.15) is 36.0 Å². The summed E-state index contributed by atoms with van der Waals surface area (Å²) in [4.78, 5) is 29.0. The molecular weight excluding hydrogens is 266 g/mol. The highest BCUT2D eigenvalue weighted by Gasteiger charge is 2.29. The second-order valence-electron chi connectivity index (χ2n) is 5.58. The van der Waals surface area contributed by atoms with Crippen LogP contribution in [0, 0.1) is 0 Å². The third-order valence-corrected chi connectivity index (χ3v) is 4.18. The number of aromatic amines is 1. The van der Waals surface area contributed by atoms with Gasteiger partial charge in [0.05, 0.1) is 6.54 Å². The van der Waals surface area contributed by atoms with E-state index in [4.69, 9.17) is 5.73 Å². The Morgan fingerprint density at radius 3 is 2.71 bits per heavy atom. The maximum absolute atomic E-state index is 12.9. The van der Waals surface area contributed by atoms with Crippen molar-refractivity contribution in [3.05, 3.63) is 36.0 Å². The minimum atomic E-state index is -0.462. The molecule has 1 heterocycles. The second-order valence-corrected chi connectivity index (χ2v) is 5.58. The molecule has 1 saturated carbocycles. The van der Waals surface area contributed by atoms with E-state index in [0.29, 0.717) is 5.56 Å². The Morgan fingerprint density at radius 1 is 1.24 bits per heavy atom. The topological polar surface area (TPSA) is 79.2 Å². The molecule has 0 radical (unpaired) electrons. The SMILES string of the molecule is NC(=O)CN(C(=O)c1cccc2[nH]ccc12)C1CCCC1. The predicted molar refractivity (Wildman–Crippen MR) is 80.8 cm³/mol. The molecule has 0 aliphatic heterocycles. The van der Waals surface area contributed by atoms with E-state index >= 15 is 0 Å². The summed E-state index contributed by atoms with van der Waals surface area (Å²) < 4.78 is 0. The Balaban J connectivity index is 1.96. The van der Waals surface area contributed by atoms with Crippen LogP contribution in [0.4, 0.5) is 0 Å². The molecule has 1 aliphatic rings. The van der Waals surface area contributed by atoms with Crippen molar-refractivity contribution in [2.45, 2.75) is 31.7 Å². The van der Waals surface area contributed by atoms with Gasteiger partial charge in [0.2, 0.25) is 5.91 Å². The summed E-state index contributed by atoms with van der Waals surface area (Å²) in [7, 11) is 0. The first kappa shape index (κ1) is 13.7. The largest absolute Gasteiger partial charge is 0.368 e. The number of nitrogens with two attached hydrogens (primary N) is 1. The minimum Gasteiger partial charge on any atom is -0.368 e. The van der Waals surface area contributed by atoms with Crippen molar-refractivity contribution in [3.63, 3.8) is 0 Å². The lowest BCUT2D eigenvalue weighted by molar-refractivity contribution is -0.119. The van der Waals surface area contributed by atoms with Crippen molar-refractivity contribution in [1.29, 1.82) is 0 Å². The van der Waals surface area contributed by atoms with Crippen LogP contribution in [-0.4, -0.2) is 34.3 Å². The fourth-order valence-corrected chi connectivity index (χ4v) is 3.18. The highest BCUT2D eigenvalue weighted by Crippen LogP contribution is 2.26. The number of carbonyl (C=O) groups is 2. The van der Waals surface area contributed by atoms with Crippen molar-refractivity contribution in [3.8, 4) is 0 Å². The van der Waals surface area contributed by atoms with Crippen LogP contribution in [0.5, 0.6) is 0 Å². The standard InChI is InChI=1S/C16H19N3O2/c17-15(20)10-19(11-4-1-2-5-11)16(21)13-6-3-7-14-12(13)8-9-18-14/h3,6-9,11,18H,1-2,4-5,10H2,(H2,17,20). The van der Waals surface area contributed by atoms with Crippen LogP contribution >= 0.6 is 0 Å². The molecule has 1 aliphatic carbocycles. The van der Waals surface area contributed by atoms with Crippen LogP contribution in [0.15, 0.2) is 30.5 Å². The minimum absolute atomic E-state index is 0.00961. The molecule has 5 heteroatoms. The van der Waals surface area contributed by atoms with Crippen LogP contribution < -0.4 is 5.73 Å². The van der Waals surface area contributed by atoms with E-state index in [9.17, 15) is 9.59 Å². The second kappa shape index (κ2) is 5.60. The van der Waals surface area contributed by atoms with Gasteiger partial charge in [0.25, 0.3) is 5.91 Å². The number of primary amides is 1. The summed E-state index contributed by atoms with van der Waals surface area (Å²) in [6, 6.07) is 7.60. The lowest BCUT2D eigenvalue weighted by atomic mass is 10.1. The number of fused-ring (bicyclic) bond motifs is 1. The van der Waals surface area contributed by atoms with Gasteiger partial charge >= 0.3 is 0 Å². The third-order valence-electron chi connectivity index (χ3n) is 4.18. The number of benzene rings is 1. The van der Waals surface area contributed by atoms with E-state index in [-0.39, 0.29) is 18.5 Å². The molecule has 0 atom stereocenters. The van der Waals surface area contributed by atoms with E-state index in [1.807, 2.05) is 24.4 Å². The summed E-state index contributed by atoms with van der Waals surface area (Å²) in [5.74, 6) is -0.567. The molecule has 0 spiro atoms. The third kappa shape index (κ3) is 2.63. The molecule has 1 fully saturated rings. The summed E-state index contributed by atoms with van der Waals surface area (Å²) in [5.41, 5.74) is 6.88. The quantitative estimate of drug-likeness (QED) is 0.901. The maximum atomic E-state index is 12.9. The van der Waals surface area contributed by atoms with Gasteiger partial charge in [-0.05, 0) is 31.0 Å². The van der Waals surface area contributed by atoms with Crippen LogP contribution in [0.2, 0.25) is 0 Å². The fraction of sp³-hybridized carbons (Fsp3) is 0.375. The van der Waals surface area contributed by atoms with Crippen LogP contribution in [0.25, 0.3) is 10.9 Å². The summed E-state index contributed by atoms with van der Waals surface area (Å²) in [6.07, 6.45) is 5.91. The molecular formula is C16H19N3O2.